The Bertz CT molecular complexity index is 1250. The van der Waals surface area contributed by atoms with Crippen LogP contribution < -0.4 is 11.1 Å². The summed E-state index contributed by atoms with van der Waals surface area (Å²) in [6.45, 7) is 0. The number of hydrogen-bond acceptors (Lipinski definition) is 6. The normalized spacial score (nSPS) is 11.2. The van der Waals surface area contributed by atoms with Crippen molar-refractivity contribution in [2.24, 2.45) is 0 Å². The van der Waals surface area contributed by atoms with Gasteiger partial charge in [-0.3, -0.25) is 19.7 Å². The van der Waals surface area contributed by atoms with Crippen molar-refractivity contribution in [2.75, 3.05) is 11.1 Å². The van der Waals surface area contributed by atoms with Crippen LogP contribution in [0.25, 0.3) is 22.5 Å². The Balaban J connectivity index is 1.81. The smallest absolute Gasteiger partial charge is 0.396 e. The van der Waals surface area contributed by atoms with Gasteiger partial charge in [-0.1, -0.05) is 0 Å². The molecule has 4 rings (SSSR count). The van der Waals surface area contributed by atoms with Crippen LogP contribution in [0.1, 0.15) is 16.1 Å². The first-order valence-electron chi connectivity index (χ1n) is 9.29. The summed E-state index contributed by atoms with van der Waals surface area (Å²) in [5.41, 5.74) is 7.22. The van der Waals surface area contributed by atoms with Gasteiger partial charge >= 0.3 is 6.18 Å². The van der Waals surface area contributed by atoms with E-state index in [2.05, 4.69) is 25.3 Å². The Morgan fingerprint density at radius 3 is 2.28 bits per heavy atom. The number of carbonyl (C=O) groups is 1. The maximum absolute atomic E-state index is 13.0. The van der Waals surface area contributed by atoms with Gasteiger partial charge in [0.15, 0.2) is 0 Å². The van der Waals surface area contributed by atoms with Crippen LogP contribution in [0.5, 0.6) is 0 Å². The fourth-order valence-corrected chi connectivity index (χ4v) is 2.96. The van der Waals surface area contributed by atoms with Crippen molar-refractivity contribution in [1.29, 1.82) is 0 Å². The second-order valence-electron chi connectivity index (χ2n) is 6.68. The van der Waals surface area contributed by atoms with Gasteiger partial charge in [-0.2, -0.15) is 13.2 Å². The Labute approximate surface area is 180 Å². The summed E-state index contributed by atoms with van der Waals surface area (Å²) in [5, 5.41) is 2.70. The molecule has 0 saturated heterocycles. The molecule has 4 aromatic heterocycles. The summed E-state index contributed by atoms with van der Waals surface area (Å²) in [6.07, 6.45) is 2.61. The van der Waals surface area contributed by atoms with Gasteiger partial charge < -0.3 is 11.1 Å². The molecule has 0 aliphatic rings. The average molecular weight is 436 g/mol. The molecule has 0 aliphatic carbocycles. The second-order valence-corrected chi connectivity index (χ2v) is 6.68. The number of alkyl halides is 3. The number of amides is 1. The Morgan fingerprint density at radius 1 is 0.938 bits per heavy atom. The number of nitrogens with one attached hydrogen (secondary N) is 1. The van der Waals surface area contributed by atoms with E-state index in [1.807, 2.05) is 0 Å². The van der Waals surface area contributed by atoms with E-state index in [4.69, 9.17) is 5.73 Å². The number of halogens is 3. The lowest BCUT2D eigenvalue weighted by atomic mass is 10.0. The van der Waals surface area contributed by atoms with Crippen LogP contribution in [0.2, 0.25) is 0 Å². The first-order chi connectivity index (χ1) is 15.3. The van der Waals surface area contributed by atoms with Gasteiger partial charge in [0.2, 0.25) is 0 Å². The average Bonchev–Trinajstić information content (AvgIpc) is 2.80. The molecule has 0 spiro atoms. The van der Waals surface area contributed by atoms with Crippen molar-refractivity contribution < 1.29 is 18.0 Å². The van der Waals surface area contributed by atoms with E-state index in [-0.39, 0.29) is 22.6 Å². The minimum Gasteiger partial charge on any atom is -0.396 e. The molecule has 3 N–H and O–H groups in total. The fourth-order valence-electron chi connectivity index (χ4n) is 2.96. The zero-order valence-electron chi connectivity index (χ0n) is 16.3. The standard InChI is InChI=1S/C22H15F3N6O/c23-22(24,25)18-6-5-13(11-29-18)17-9-16(21(32)30-15-4-2-8-28-12-15)19(26)20(31-17)14-3-1-7-27-10-14/h1-12H,26H2,(H,30,32). The molecule has 0 aliphatic heterocycles. The topological polar surface area (TPSA) is 107 Å². The highest BCUT2D eigenvalue weighted by Crippen LogP contribution is 2.33. The summed E-state index contributed by atoms with van der Waals surface area (Å²) >= 11 is 0. The van der Waals surface area contributed by atoms with Crippen LogP contribution in [0.15, 0.2) is 73.4 Å². The molecule has 0 fully saturated rings. The van der Waals surface area contributed by atoms with E-state index in [0.29, 0.717) is 16.8 Å². The number of hydrogen-bond donors (Lipinski definition) is 2. The fraction of sp³-hybridized carbons (Fsp3) is 0.0455. The van der Waals surface area contributed by atoms with Crippen molar-refractivity contribution in [3.05, 3.63) is 84.7 Å². The molecule has 7 nitrogen and oxygen atoms in total. The number of nitrogen functional groups attached to an aromatic ring is 1. The molecule has 1 amide bonds. The summed E-state index contributed by atoms with van der Waals surface area (Å²) in [6, 6.07) is 10.2. The highest BCUT2D eigenvalue weighted by Gasteiger charge is 2.32. The maximum atomic E-state index is 13.0. The van der Waals surface area contributed by atoms with E-state index in [9.17, 15) is 18.0 Å². The van der Waals surface area contributed by atoms with Crippen molar-refractivity contribution in [3.63, 3.8) is 0 Å². The van der Waals surface area contributed by atoms with Crippen molar-refractivity contribution in [2.45, 2.75) is 6.18 Å². The quantitative estimate of drug-likeness (QED) is 0.489. The molecular weight excluding hydrogens is 421 g/mol. The lowest BCUT2D eigenvalue weighted by molar-refractivity contribution is -0.141. The van der Waals surface area contributed by atoms with E-state index in [1.54, 1.807) is 36.7 Å². The highest BCUT2D eigenvalue weighted by molar-refractivity contribution is 6.10. The molecule has 160 valence electrons. The van der Waals surface area contributed by atoms with Gasteiger partial charge in [0.05, 0.1) is 34.5 Å². The summed E-state index contributed by atoms with van der Waals surface area (Å²) in [7, 11) is 0. The van der Waals surface area contributed by atoms with Crippen LogP contribution >= 0.6 is 0 Å². The van der Waals surface area contributed by atoms with E-state index < -0.39 is 17.8 Å². The van der Waals surface area contributed by atoms with Crippen molar-refractivity contribution in [3.8, 4) is 22.5 Å². The molecule has 32 heavy (non-hydrogen) atoms. The van der Waals surface area contributed by atoms with E-state index in [1.165, 1.54) is 24.5 Å². The minimum absolute atomic E-state index is 0.0950. The van der Waals surface area contributed by atoms with Gasteiger partial charge in [-0.05, 0) is 42.5 Å². The third kappa shape index (κ3) is 4.38. The van der Waals surface area contributed by atoms with Gasteiger partial charge in [0.1, 0.15) is 5.69 Å². The van der Waals surface area contributed by atoms with E-state index in [0.717, 1.165) is 12.3 Å². The zero-order valence-corrected chi connectivity index (χ0v) is 16.3. The molecule has 4 heterocycles. The SMILES string of the molecule is Nc1c(C(=O)Nc2cccnc2)cc(-c2ccc(C(F)(F)F)nc2)nc1-c1cccnc1. The molecule has 10 heteroatoms. The minimum atomic E-state index is -4.57. The van der Waals surface area contributed by atoms with Gasteiger partial charge in [-0.15, -0.1) is 0 Å². The third-order valence-electron chi connectivity index (χ3n) is 4.51. The number of carbonyl (C=O) groups excluding carboxylic acids is 1. The lowest BCUT2D eigenvalue weighted by Crippen LogP contribution is -2.16. The Morgan fingerprint density at radius 2 is 1.69 bits per heavy atom. The van der Waals surface area contributed by atoms with Crippen molar-refractivity contribution >= 4 is 17.3 Å². The predicted octanol–water partition coefficient (Wildman–Crippen LogP) is 4.45. The number of nitrogens with two attached hydrogens (primary N) is 1. The van der Waals surface area contributed by atoms with Crippen LogP contribution in [0, 0.1) is 0 Å². The number of aromatic nitrogens is 4. The molecular formula is C22H15F3N6O. The maximum Gasteiger partial charge on any atom is 0.433 e. The molecule has 0 unspecified atom stereocenters. The number of anilines is 2. The first-order valence-corrected chi connectivity index (χ1v) is 9.29. The molecule has 0 bridgehead atoms. The van der Waals surface area contributed by atoms with Crippen LogP contribution in [0.4, 0.5) is 24.5 Å². The third-order valence-corrected chi connectivity index (χ3v) is 4.51. The second kappa shape index (κ2) is 8.42. The number of rotatable bonds is 4. The summed E-state index contributed by atoms with van der Waals surface area (Å²) in [4.78, 5) is 28.9. The Kier molecular flexibility index (Phi) is 5.50. The first kappa shape index (κ1) is 20.9. The summed E-state index contributed by atoms with van der Waals surface area (Å²) < 4.78 is 38.6. The van der Waals surface area contributed by atoms with Crippen molar-refractivity contribution in [1.82, 2.24) is 19.9 Å². The van der Waals surface area contributed by atoms with Crippen LogP contribution in [-0.2, 0) is 6.18 Å². The van der Waals surface area contributed by atoms with Crippen LogP contribution in [-0.4, -0.2) is 25.8 Å². The van der Waals surface area contributed by atoms with E-state index >= 15 is 0 Å². The van der Waals surface area contributed by atoms with Gasteiger partial charge in [-0.25, -0.2) is 4.98 Å². The lowest BCUT2D eigenvalue weighted by Gasteiger charge is -2.14. The highest BCUT2D eigenvalue weighted by atomic mass is 19.4. The molecule has 0 saturated carbocycles. The molecule has 0 radical (unpaired) electrons. The predicted molar refractivity (Wildman–Crippen MR) is 112 cm³/mol. The zero-order chi connectivity index (χ0) is 22.7. The molecule has 0 aromatic carbocycles. The number of pyridine rings is 4. The van der Waals surface area contributed by atoms with Crippen LogP contribution in [0.3, 0.4) is 0 Å². The van der Waals surface area contributed by atoms with Gasteiger partial charge in [0, 0.05) is 35.9 Å². The monoisotopic (exact) mass is 436 g/mol. The number of nitrogens with zero attached hydrogens (tertiary/aromatic N) is 4. The van der Waals surface area contributed by atoms with Gasteiger partial charge in [0.25, 0.3) is 5.91 Å². The molecule has 4 aromatic rings. The Hall–Kier alpha value is -4.34. The summed E-state index contributed by atoms with van der Waals surface area (Å²) in [5.74, 6) is -0.524. The molecule has 0 atom stereocenters. The largest absolute Gasteiger partial charge is 0.433 e.